The van der Waals surface area contributed by atoms with Crippen LogP contribution in [0.4, 0.5) is 0 Å². The second-order valence-corrected chi connectivity index (χ2v) is 5.36. The van der Waals surface area contributed by atoms with Gasteiger partial charge < -0.3 is 14.7 Å². The van der Waals surface area contributed by atoms with Crippen LogP contribution in [0.2, 0.25) is 0 Å². The smallest absolute Gasteiger partial charge is 0.0718 e. The molecule has 0 spiro atoms. The molecule has 0 amide bonds. The molecule has 1 N–H and O–H groups in total. The minimum Gasteiger partial charge on any atom is -0.391 e. The van der Waals surface area contributed by atoms with Crippen LogP contribution in [-0.2, 0) is 4.74 Å². The van der Waals surface area contributed by atoms with Crippen molar-refractivity contribution in [2.75, 3.05) is 46.9 Å². The molecule has 2 fully saturated rings. The van der Waals surface area contributed by atoms with Gasteiger partial charge in [-0.25, -0.2) is 0 Å². The normalized spacial score (nSPS) is 33.8. The number of hydrogen-bond donors (Lipinski definition) is 1. The molecule has 0 aromatic rings. The van der Waals surface area contributed by atoms with Crippen LogP contribution in [0.5, 0.6) is 0 Å². The zero-order chi connectivity index (χ0) is 11.5. The molecular weight excluding hydrogens is 204 g/mol. The summed E-state index contributed by atoms with van der Waals surface area (Å²) < 4.78 is 5.32. The van der Waals surface area contributed by atoms with Crippen LogP contribution < -0.4 is 0 Å². The van der Waals surface area contributed by atoms with E-state index in [1.54, 1.807) is 0 Å². The van der Waals surface area contributed by atoms with Crippen LogP contribution in [-0.4, -0.2) is 74.0 Å². The van der Waals surface area contributed by atoms with Crippen molar-refractivity contribution in [2.45, 2.75) is 25.0 Å². The summed E-state index contributed by atoms with van der Waals surface area (Å²) in [5.41, 5.74) is 0. The molecule has 0 aromatic heterocycles. The van der Waals surface area contributed by atoms with Crippen LogP contribution >= 0.6 is 0 Å². The van der Waals surface area contributed by atoms with E-state index in [4.69, 9.17) is 4.74 Å². The Bertz CT molecular complexity index is 217. The summed E-state index contributed by atoms with van der Waals surface area (Å²) in [6, 6.07) is 0.659. The van der Waals surface area contributed by atoms with Gasteiger partial charge in [-0.3, -0.25) is 4.90 Å². The molecule has 2 saturated heterocycles. The quantitative estimate of drug-likeness (QED) is 0.736. The number of aliphatic hydroxyl groups is 1. The van der Waals surface area contributed by atoms with E-state index in [1.807, 2.05) is 0 Å². The Morgan fingerprint density at radius 2 is 2.25 bits per heavy atom. The lowest BCUT2D eigenvalue weighted by Gasteiger charge is -2.24. The highest BCUT2D eigenvalue weighted by Gasteiger charge is 2.29. The van der Waals surface area contributed by atoms with E-state index in [2.05, 4.69) is 23.9 Å². The van der Waals surface area contributed by atoms with Gasteiger partial charge in [-0.2, -0.15) is 0 Å². The molecule has 3 unspecified atom stereocenters. The van der Waals surface area contributed by atoms with E-state index in [-0.39, 0.29) is 6.10 Å². The van der Waals surface area contributed by atoms with Gasteiger partial charge in [0.1, 0.15) is 0 Å². The Labute approximate surface area is 98.2 Å². The van der Waals surface area contributed by atoms with E-state index in [0.717, 1.165) is 39.3 Å². The molecule has 0 aromatic carbocycles. The topological polar surface area (TPSA) is 35.9 Å². The number of hydrogen-bond acceptors (Lipinski definition) is 4. The van der Waals surface area contributed by atoms with Gasteiger partial charge in [-0.05, 0) is 33.5 Å². The van der Waals surface area contributed by atoms with Crippen LogP contribution in [0.15, 0.2) is 0 Å². The second-order valence-electron chi connectivity index (χ2n) is 5.36. The van der Waals surface area contributed by atoms with Crippen molar-refractivity contribution >= 4 is 0 Å². The molecule has 2 aliphatic heterocycles. The fourth-order valence-electron chi connectivity index (χ4n) is 2.67. The van der Waals surface area contributed by atoms with E-state index in [9.17, 15) is 5.11 Å². The van der Waals surface area contributed by atoms with E-state index in [0.29, 0.717) is 12.0 Å². The van der Waals surface area contributed by atoms with Gasteiger partial charge in [0, 0.05) is 31.7 Å². The molecule has 16 heavy (non-hydrogen) atoms. The maximum absolute atomic E-state index is 10.1. The highest BCUT2D eigenvalue weighted by Crippen LogP contribution is 2.20. The predicted octanol–water partition coefficient (Wildman–Crippen LogP) is 0.0197. The van der Waals surface area contributed by atoms with Crippen LogP contribution in [0.25, 0.3) is 0 Å². The number of likely N-dealkylation sites (tertiary alicyclic amines) is 1. The molecule has 94 valence electrons. The lowest BCUT2D eigenvalue weighted by atomic mass is 10.0. The Hall–Kier alpha value is -0.160. The maximum atomic E-state index is 10.1. The molecule has 0 aliphatic carbocycles. The average Bonchev–Trinajstić information content (AvgIpc) is 2.87. The van der Waals surface area contributed by atoms with Gasteiger partial charge in [0.05, 0.1) is 12.7 Å². The molecule has 0 radical (unpaired) electrons. The minimum absolute atomic E-state index is 0.205. The maximum Gasteiger partial charge on any atom is 0.0718 e. The first-order chi connectivity index (χ1) is 7.66. The third kappa shape index (κ3) is 2.94. The summed E-state index contributed by atoms with van der Waals surface area (Å²) in [5, 5.41) is 10.1. The molecular formula is C12H24N2O2. The first-order valence-corrected chi connectivity index (χ1v) is 6.31. The fourth-order valence-corrected chi connectivity index (χ4v) is 2.67. The molecule has 2 aliphatic rings. The Kier molecular flexibility index (Phi) is 4.19. The molecule has 4 nitrogen and oxygen atoms in total. The fraction of sp³-hybridized carbons (Fsp3) is 1.00. The average molecular weight is 228 g/mol. The number of ether oxygens (including phenoxy) is 1. The summed E-state index contributed by atoms with van der Waals surface area (Å²) in [7, 11) is 4.27. The van der Waals surface area contributed by atoms with Crippen LogP contribution in [0.3, 0.4) is 0 Å². The standard InChI is InChI=1S/C12H24N2O2/c1-13(2)11-3-5-14(7-11)8-12(15)10-4-6-16-9-10/h10-12,15H,3-9H2,1-2H3. The monoisotopic (exact) mass is 228 g/mol. The second kappa shape index (κ2) is 5.45. The zero-order valence-corrected chi connectivity index (χ0v) is 10.4. The Morgan fingerprint density at radius 1 is 1.44 bits per heavy atom. The number of rotatable bonds is 4. The van der Waals surface area contributed by atoms with Crippen molar-refractivity contribution in [1.82, 2.24) is 9.80 Å². The summed E-state index contributed by atoms with van der Waals surface area (Å²) in [5.74, 6) is 0.360. The van der Waals surface area contributed by atoms with Gasteiger partial charge in [0.15, 0.2) is 0 Å². The van der Waals surface area contributed by atoms with Crippen molar-refractivity contribution < 1.29 is 9.84 Å². The van der Waals surface area contributed by atoms with Gasteiger partial charge in [-0.15, -0.1) is 0 Å². The van der Waals surface area contributed by atoms with Crippen molar-refractivity contribution in [3.63, 3.8) is 0 Å². The van der Waals surface area contributed by atoms with Crippen molar-refractivity contribution in [1.29, 1.82) is 0 Å². The van der Waals surface area contributed by atoms with Gasteiger partial charge >= 0.3 is 0 Å². The third-order valence-corrected chi connectivity index (χ3v) is 3.93. The summed E-state index contributed by atoms with van der Waals surface area (Å²) in [4.78, 5) is 4.67. The number of β-amino-alcohol motifs (C(OH)–C–C–N with tert-alkyl or cyclic N) is 1. The number of aliphatic hydroxyl groups excluding tert-OH is 1. The molecule has 2 heterocycles. The molecule has 0 saturated carbocycles. The summed E-state index contributed by atoms with van der Waals surface area (Å²) in [6.45, 7) is 4.59. The van der Waals surface area contributed by atoms with Gasteiger partial charge in [-0.1, -0.05) is 0 Å². The van der Waals surface area contributed by atoms with Crippen LogP contribution in [0.1, 0.15) is 12.8 Å². The Balaban J connectivity index is 1.73. The lowest BCUT2D eigenvalue weighted by Crippen LogP contribution is -2.38. The molecule has 4 heteroatoms. The highest BCUT2D eigenvalue weighted by molar-refractivity contribution is 4.84. The van der Waals surface area contributed by atoms with Crippen molar-refractivity contribution in [2.24, 2.45) is 5.92 Å². The molecule has 2 rings (SSSR count). The summed E-state index contributed by atoms with van der Waals surface area (Å²) in [6.07, 6.45) is 2.04. The van der Waals surface area contributed by atoms with E-state index in [1.165, 1.54) is 6.42 Å². The first kappa shape index (κ1) is 12.3. The first-order valence-electron chi connectivity index (χ1n) is 6.31. The van der Waals surface area contributed by atoms with Gasteiger partial charge in [0.2, 0.25) is 0 Å². The Morgan fingerprint density at radius 3 is 2.81 bits per heavy atom. The largest absolute Gasteiger partial charge is 0.391 e. The predicted molar refractivity (Wildman–Crippen MR) is 63.5 cm³/mol. The zero-order valence-electron chi connectivity index (χ0n) is 10.4. The van der Waals surface area contributed by atoms with E-state index < -0.39 is 0 Å². The highest BCUT2D eigenvalue weighted by atomic mass is 16.5. The van der Waals surface area contributed by atoms with Crippen molar-refractivity contribution in [3.05, 3.63) is 0 Å². The molecule has 3 atom stereocenters. The van der Waals surface area contributed by atoms with Crippen LogP contribution in [0, 0.1) is 5.92 Å². The minimum atomic E-state index is -0.205. The van der Waals surface area contributed by atoms with E-state index >= 15 is 0 Å². The number of likely N-dealkylation sites (N-methyl/N-ethyl adjacent to an activating group) is 1. The lowest BCUT2D eigenvalue weighted by molar-refractivity contribution is 0.0611. The van der Waals surface area contributed by atoms with Crippen molar-refractivity contribution in [3.8, 4) is 0 Å². The molecule has 0 bridgehead atoms. The number of nitrogens with zero attached hydrogens (tertiary/aromatic N) is 2. The third-order valence-electron chi connectivity index (χ3n) is 3.93. The summed E-state index contributed by atoms with van der Waals surface area (Å²) >= 11 is 0. The SMILES string of the molecule is CN(C)C1CCN(CC(O)C2CCOC2)C1. The van der Waals surface area contributed by atoms with Gasteiger partial charge in [0.25, 0.3) is 0 Å².